The van der Waals surface area contributed by atoms with E-state index in [2.05, 4.69) is 15.4 Å². The van der Waals surface area contributed by atoms with Gasteiger partial charge in [0.2, 0.25) is 0 Å². The molecular weight excluding hydrogens is 448 g/mol. The molecule has 30 heavy (non-hydrogen) atoms. The van der Waals surface area contributed by atoms with Crippen LogP contribution in [0.2, 0.25) is 5.02 Å². The van der Waals surface area contributed by atoms with E-state index in [1.165, 1.54) is 36.4 Å². The fraction of sp³-hybridized carbons (Fsp3) is 0. The highest BCUT2D eigenvalue weighted by Gasteiger charge is 2.14. The third-order valence-electron chi connectivity index (χ3n) is 3.85. The lowest BCUT2D eigenvalue weighted by atomic mass is 10.3. The predicted octanol–water partition coefficient (Wildman–Crippen LogP) is 4.86. The van der Waals surface area contributed by atoms with Gasteiger partial charge in [-0.3, -0.25) is 14.8 Å². The number of hydrogen-bond donors (Lipinski definition) is 3. The number of non-ortho nitro benzene ring substituents is 1. The normalized spacial score (nSPS) is 10.8. The smallest absolute Gasteiger partial charge is 0.269 e. The zero-order chi connectivity index (χ0) is 21.7. The van der Waals surface area contributed by atoms with Gasteiger partial charge in [-0.1, -0.05) is 11.6 Å². The Labute approximate surface area is 183 Å². The molecule has 0 spiro atoms. The van der Waals surface area contributed by atoms with E-state index in [1.54, 1.807) is 36.4 Å². The Bertz CT molecular complexity index is 1170. The van der Waals surface area contributed by atoms with Crippen LogP contribution in [-0.4, -0.2) is 18.5 Å². The van der Waals surface area contributed by atoms with Gasteiger partial charge in [-0.15, -0.1) is 0 Å². The Kier molecular flexibility index (Phi) is 6.50. The zero-order valence-corrected chi connectivity index (χ0v) is 17.6. The highest BCUT2D eigenvalue weighted by molar-refractivity contribution is 7.92. The van der Waals surface area contributed by atoms with Gasteiger partial charge in [0.1, 0.15) is 0 Å². The zero-order valence-electron chi connectivity index (χ0n) is 15.2. The lowest BCUT2D eigenvalue weighted by Gasteiger charge is -2.12. The van der Waals surface area contributed by atoms with Crippen LogP contribution in [0.3, 0.4) is 0 Å². The fourth-order valence-electron chi connectivity index (χ4n) is 2.41. The Hall–Kier alpha value is -3.21. The minimum Gasteiger partial charge on any atom is -0.332 e. The van der Waals surface area contributed by atoms with Gasteiger partial charge in [0, 0.05) is 34.2 Å². The first-order valence-electron chi connectivity index (χ1n) is 8.44. The van der Waals surface area contributed by atoms with Crippen molar-refractivity contribution in [3.05, 3.63) is 87.9 Å². The van der Waals surface area contributed by atoms with Crippen molar-refractivity contribution in [2.75, 3.05) is 15.4 Å². The summed E-state index contributed by atoms with van der Waals surface area (Å²) in [6.45, 7) is 0. The summed E-state index contributed by atoms with van der Waals surface area (Å²) in [4.78, 5) is 10.3. The number of rotatable bonds is 6. The van der Waals surface area contributed by atoms with Crippen molar-refractivity contribution in [2.45, 2.75) is 4.90 Å². The van der Waals surface area contributed by atoms with E-state index in [-0.39, 0.29) is 15.7 Å². The van der Waals surface area contributed by atoms with E-state index in [4.69, 9.17) is 23.8 Å². The number of nitro groups is 1. The number of benzene rings is 3. The predicted molar refractivity (Wildman–Crippen MR) is 122 cm³/mol. The number of halogens is 1. The lowest BCUT2D eigenvalue weighted by molar-refractivity contribution is -0.384. The van der Waals surface area contributed by atoms with E-state index in [0.29, 0.717) is 22.1 Å². The van der Waals surface area contributed by atoms with E-state index in [0.717, 1.165) is 0 Å². The van der Waals surface area contributed by atoms with Crippen LogP contribution < -0.4 is 15.4 Å². The van der Waals surface area contributed by atoms with Gasteiger partial charge < -0.3 is 10.6 Å². The SMILES string of the molecule is O=[N+]([O-])c1ccc(NC(=S)Nc2ccc(S(=O)(=O)Nc3ccc(Cl)cc3)cc2)cc1. The summed E-state index contributed by atoms with van der Waals surface area (Å²) in [6.07, 6.45) is 0. The highest BCUT2D eigenvalue weighted by Crippen LogP contribution is 2.20. The van der Waals surface area contributed by atoms with Crippen LogP contribution in [0.15, 0.2) is 77.7 Å². The molecule has 0 aromatic heterocycles. The van der Waals surface area contributed by atoms with Crippen LogP contribution in [0, 0.1) is 10.1 Å². The standard InChI is InChI=1S/C19H15ClN4O4S2/c20-13-1-3-16(4-2-13)23-30(27,28)18-11-7-15(8-12-18)22-19(29)21-14-5-9-17(10-6-14)24(25)26/h1-12,23H,(H2,21,22,29). The molecule has 0 saturated carbocycles. The molecule has 3 aromatic carbocycles. The summed E-state index contributed by atoms with van der Waals surface area (Å²) in [5.41, 5.74) is 1.52. The van der Waals surface area contributed by atoms with Crippen molar-refractivity contribution < 1.29 is 13.3 Å². The maximum absolute atomic E-state index is 12.5. The van der Waals surface area contributed by atoms with Gasteiger partial charge in [-0.05, 0) is 72.9 Å². The van der Waals surface area contributed by atoms with Gasteiger partial charge in [0.15, 0.2) is 5.11 Å². The molecular formula is C19H15ClN4O4S2. The van der Waals surface area contributed by atoms with Gasteiger partial charge in [0.25, 0.3) is 15.7 Å². The number of sulfonamides is 1. The molecule has 0 amide bonds. The maximum atomic E-state index is 12.5. The molecule has 0 radical (unpaired) electrons. The van der Waals surface area contributed by atoms with Crippen molar-refractivity contribution in [2.24, 2.45) is 0 Å². The number of anilines is 3. The third-order valence-corrected chi connectivity index (χ3v) is 5.71. The molecule has 0 atom stereocenters. The largest absolute Gasteiger partial charge is 0.332 e. The van der Waals surface area contributed by atoms with Crippen LogP contribution in [0.5, 0.6) is 0 Å². The van der Waals surface area contributed by atoms with Gasteiger partial charge in [0.05, 0.1) is 9.82 Å². The Balaban J connectivity index is 1.62. The fourth-order valence-corrected chi connectivity index (χ4v) is 3.83. The van der Waals surface area contributed by atoms with Crippen LogP contribution in [-0.2, 0) is 10.0 Å². The number of nitro benzene ring substituents is 1. The monoisotopic (exact) mass is 462 g/mol. The molecule has 3 aromatic rings. The number of hydrogen-bond acceptors (Lipinski definition) is 5. The van der Waals surface area contributed by atoms with Gasteiger partial charge in [-0.25, -0.2) is 8.42 Å². The summed E-state index contributed by atoms with van der Waals surface area (Å²) < 4.78 is 27.4. The topological polar surface area (TPSA) is 113 Å². The Morgan fingerprint density at radius 1 is 0.833 bits per heavy atom. The van der Waals surface area contributed by atoms with Gasteiger partial charge >= 0.3 is 0 Å². The molecule has 3 N–H and O–H groups in total. The van der Waals surface area contributed by atoms with Crippen molar-refractivity contribution >= 4 is 61.7 Å². The molecule has 0 aliphatic rings. The molecule has 8 nitrogen and oxygen atoms in total. The number of nitrogens with one attached hydrogen (secondary N) is 3. The molecule has 0 bridgehead atoms. The highest BCUT2D eigenvalue weighted by atomic mass is 35.5. The van der Waals surface area contributed by atoms with E-state index in [1.807, 2.05) is 0 Å². The summed E-state index contributed by atoms with van der Waals surface area (Å²) in [7, 11) is -3.76. The lowest BCUT2D eigenvalue weighted by Crippen LogP contribution is -2.19. The number of thiocarbonyl (C=S) groups is 1. The van der Waals surface area contributed by atoms with E-state index < -0.39 is 14.9 Å². The second-order valence-corrected chi connectivity index (χ2v) is 8.55. The average molecular weight is 463 g/mol. The average Bonchev–Trinajstić information content (AvgIpc) is 2.70. The summed E-state index contributed by atoms with van der Waals surface area (Å²) >= 11 is 11.0. The molecule has 3 rings (SSSR count). The molecule has 0 aliphatic heterocycles. The van der Waals surface area contributed by atoms with Crippen LogP contribution in [0.4, 0.5) is 22.7 Å². The first-order chi connectivity index (χ1) is 14.2. The molecule has 11 heteroatoms. The first-order valence-corrected chi connectivity index (χ1v) is 10.7. The Morgan fingerprint density at radius 2 is 1.30 bits per heavy atom. The number of nitrogens with zero attached hydrogens (tertiary/aromatic N) is 1. The molecule has 0 fully saturated rings. The Morgan fingerprint density at radius 3 is 1.80 bits per heavy atom. The van der Waals surface area contributed by atoms with Crippen molar-refractivity contribution in [1.82, 2.24) is 0 Å². The van der Waals surface area contributed by atoms with Crippen molar-refractivity contribution in [3.63, 3.8) is 0 Å². The van der Waals surface area contributed by atoms with Crippen LogP contribution in [0.25, 0.3) is 0 Å². The summed E-state index contributed by atoms with van der Waals surface area (Å²) in [6, 6.07) is 18.1. The van der Waals surface area contributed by atoms with Crippen LogP contribution in [0.1, 0.15) is 0 Å². The minimum absolute atomic E-state index is 0.0246. The van der Waals surface area contributed by atoms with Crippen molar-refractivity contribution in [1.29, 1.82) is 0 Å². The van der Waals surface area contributed by atoms with E-state index in [9.17, 15) is 18.5 Å². The maximum Gasteiger partial charge on any atom is 0.269 e. The third kappa shape index (κ3) is 5.66. The summed E-state index contributed by atoms with van der Waals surface area (Å²) in [5.74, 6) is 0. The second kappa shape index (κ2) is 9.08. The molecule has 0 aliphatic carbocycles. The molecule has 0 saturated heterocycles. The first kappa shape index (κ1) is 21.5. The van der Waals surface area contributed by atoms with E-state index >= 15 is 0 Å². The van der Waals surface area contributed by atoms with Crippen LogP contribution >= 0.6 is 23.8 Å². The molecule has 0 unspecified atom stereocenters. The van der Waals surface area contributed by atoms with Gasteiger partial charge in [-0.2, -0.15) is 0 Å². The second-order valence-electron chi connectivity index (χ2n) is 6.02. The quantitative estimate of drug-likeness (QED) is 0.272. The summed E-state index contributed by atoms with van der Waals surface area (Å²) in [5, 5.41) is 17.3. The molecule has 0 heterocycles. The molecule has 154 valence electrons. The van der Waals surface area contributed by atoms with Crippen molar-refractivity contribution in [3.8, 4) is 0 Å². The minimum atomic E-state index is -3.76.